The molecule has 8 heteroatoms. The minimum atomic E-state index is -0.480. The average Bonchev–Trinajstić information content (AvgIpc) is 2.57. The molecule has 0 aromatic heterocycles. The maximum Gasteiger partial charge on any atom is 0.269 e. The highest BCUT2D eigenvalue weighted by molar-refractivity contribution is 5.77. The number of nitrogens with one attached hydrogen (secondary N) is 1. The molecular formula is C18H27N3O5. The van der Waals surface area contributed by atoms with E-state index in [1.807, 2.05) is 0 Å². The van der Waals surface area contributed by atoms with E-state index in [1.165, 1.54) is 24.3 Å². The van der Waals surface area contributed by atoms with E-state index in [0.717, 1.165) is 13.1 Å². The molecule has 2 atom stereocenters. The fourth-order valence-electron chi connectivity index (χ4n) is 2.96. The van der Waals surface area contributed by atoms with Gasteiger partial charge in [-0.05, 0) is 39.8 Å². The van der Waals surface area contributed by atoms with E-state index >= 15 is 0 Å². The van der Waals surface area contributed by atoms with Gasteiger partial charge in [0.25, 0.3) is 11.6 Å². The smallest absolute Gasteiger partial charge is 0.269 e. The fraction of sp³-hybridized carbons (Fsp3) is 0.611. The van der Waals surface area contributed by atoms with Crippen molar-refractivity contribution in [3.63, 3.8) is 0 Å². The zero-order valence-electron chi connectivity index (χ0n) is 15.7. The molecule has 1 fully saturated rings. The van der Waals surface area contributed by atoms with Crippen LogP contribution in [0.2, 0.25) is 0 Å². The largest absolute Gasteiger partial charge is 0.484 e. The van der Waals surface area contributed by atoms with Crippen LogP contribution in [-0.4, -0.2) is 59.7 Å². The summed E-state index contributed by atoms with van der Waals surface area (Å²) >= 11 is 0. The summed E-state index contributed by atoms with van der Waals surface area (Å²) in [6.45, 7) is 10.3. The van der Waals surface area contributed by atoms with Crippen LogP contribution in [0.15, 0.2) is 24.3 Å². The van der Waals surface area contributed by atoms with E-state index < -0.39 is 4.92 Å². The number of benzene rings is 1. The number of nitrogens with zero attached hydrogens (tertiary/aromatic N) is 2. The summed E-state index contributed by atoms with van der Waals surface area (Å²) in [6, 6.07) is 5.64. The van der Waals surface area contributed by atoms with E-state index in [0.29, 0.717) is 12.3 Å². The molecular weight excluding hydrogens is 338 g/mol. The molecule has 1 N–H and O–H groups in total. The molecule has 1 aromatic rings. The van der Waals surface area contributed by atoms with Gasteiger partial charge in [-0.25, -0.2) is 0 Å². The molecule has 0 bridgehead atoms. The van der Waals surface area contributed by atoms with Crippen molar-refractivity contribution in [3.8, 4) is 5.75 Å². The Morgan fingerprint density at radius 2 is 1.88 bits per heavy atom. The maximum absolute atomic E-state index is 12.1. The van der Waals surface area contributed by atoms with Crippen molar-refractivity contribution in [1.82, 2.24) is 10.2 Å². The number of morpholine rings is 1. The zero-order valence-corrected chi connectivity index (χ0v) is 15.7. The number of non-ortho nitro benzene ring substituents is 1. The number of amides is 1. The normalized spacial score (nSPS) is 21.2. The van der Waals surface area contributed by atoms with Crippen molar-refractivity contribution in [2.24, 2.45) is 0 Å². The van der Waals surface area contributed by atoms with Gasteiger partial charge in [0, 0.05) is 37.3 Å². The van der Waals surface area contributed by atoms with Crippen LogP contribution < -0.4 is 10.1 Å². The Bertz CT molecular complexity index is 622. The van der Waals surface area contributed by atoms with Crippen LogP contribution in [0.4, 0.5) is 5.69 Å². The van der Waals surface area contributed by atoms with Gasteiger partial charge in [-0.15, -0.1) is 0 Å². The third kappa shape index (κ3) is 5.67. The minimum Gasteiger partial charge on any atom is -0.484 e. The van der Waals surface area contributed by atoms with Gasteiger partial charge in [0.1, 0.15) is 5.75 Å². The van der Waals surface area contributed by atoms with Gasteiger partial charge in [0.2, 0.25) is 0 Å². The molecule has 1 aliphatic rings. The Balaban J connectivity index is 1.79. The first kappa shape index (κ1) is 20.1. The standard InChI is InChI=1S/C18H27N3O5/c1-13-9-20(10-14(2)26-13)18(3,4)12-19-17(22)11-25-16-7-5-15(6-8-16)21(23)24/h5-8,13-14H,9-12H2,1-4H3,(H,19,22). The van der Waals surface area contributed by atoms with Gasteiger partial charge in [0.15, 0.2) is 6.61 Å². The number of nitro benzene ring substituents is 1. The summed E-state index contributed by atoms with van der Waals surface area (Å²) in [5.74, 6) is 0.187. The van der Waals surface area contributed by atoms with Gasteiger partial charge in [0.05, 0.1) is 17.1 Å². The lowest BCUT2D eigenvalue weighted by Crippen LogP contribution is -2.58. The first-order valence-corrected chi connectivity index (χ1v) is 8.72. The molecule has 1 saturated heterocycles. The van der Waals surface area contributed by atoms with Crippen molar-refractivity contribution < 1.29 is 19.2 Å². The summed E-state index contributed by atoms with van der Waals surface area (Å²) in [5.41, 5.74) is -0.215. The van der Waals surface area contributed by atoms with E-state index in [4.69, 9.17) is 9.47 Å². The Hall–Kier alpha value is -2.19. The lowest BCUT2D eigenvalue weighted by atomic mass is 10.00. The second-order valence-electron chi connectivity index (χ2n) is 7.29. The molecule has 0 aliphatic carbocycles. The van der Waals surface area contributed by atoms with Crippen LogP contribution in [0.3, 0.4) is 0 Å². The second kappa shape index (κ2) is 8.46. The Labute approximate surface area is 153 Å². The number of hydrogen-bond donors (Lipinski definition) is 1. The topological polar surface area (TPSA) is 93.9 Å². The van der Waals surface area contributed by atoms with E-state index in [1.54, 1.807) is 0 Å². The van der Waals surface area contributed by atoms with Crippen molar-refractivity contribution >= 4 is 11.6 Å². The average molecular weight is 365 g/mol. The Kier molecular flexibility index (Phi) is 6.55. The number of ether oxygens (including phenoxy) is 2. The van der Waals surface area contributed by atoms with Crippen molar-refractivity contribution in [2.75, 3.05) is 26.2 Å². The predicted molar refractivity (Wildman–Crippen MR) is 97.3 cm³/mol. The number of nitro groups is 1. The van der Waals surface area contributed by atoms with Gasteiger partial charge >= 0.3 is 0 Å². The van der Waals surface area contributed by atoms with Crippen LogP contribution in [0.5, 0.6) is 5.75 Å². The third-order valence-electron chi connectivity index (χ3n) is 4.41. The molecule has 0 saturated carbocycles. The lowest BCUT2D eigenvalue weighted by molar-refractivity contribution is -0.384. The Morgan fingerprint density at radius 1 is 1.31 bits per heavy atom. The molecule has 1 aliphatic heterocycles. The summed E-state index contributed by atoms with van der Waals surface area (Å²) in [5, 5.41) is 13.5. The van der Waals surface area contributed by atoms with Crippen LogP contribution in [0.1, 0.15) is 27.7 Å². The molecule has 2 rings (SSSR count). The summed E-state index contributed by atoms with van der Waals surface area (Å²) < 4.78 is 11.1. The number of hydrogen-bond acceptors (Lipinski definition) is 6. The van der Waals surface area contributed by atoms with Crippen molar-refractivity contribution in [2.45, 2.75) is 45.4 Å². The van der Waals surface area contributed by atoms with Gasteiger partial charge < -0.3 is 14.8 Å². The highest BCUT2D eigenvalue weighted by Crippen LogP contribution is 2.21. The quantitative estimate of drug-likeness (QED) is 0.586. The number of rotatable bonds is 7. The second-order valence-corrected chi connectivity index (χ2v) is 7.29. The van der Waals surface area contributed by atoms with E-state index in [9.17, 15) is 14.9 Å². The first-order valence-electron chi connectivity index (χ1n) is 8.72. The van der Waals surface area contributed by atoms with Crippen molar-refractivity contribution in [1.29, 1.82) is 0 Å². The first-order chi connectivity index (χ1) is 12.2. The number of carbonyl (C=O) groups excluding carboxylic acids is 1. The molecule has 1 aromatic carbocycles. The van der Waals surface area contributed by atoms with Crippen LogP contribution >= 0.6 is 0 Å². The molecule has 1 amide bonds. The SMILES string of the molecule is CC1CN(C(C)(C)CNC(=O)COc2ccc([N+](=O)[O-])cc2)CC(C)O1. The fourth-order valence-corrected chi connectivity index (χ4v) is 2.96. The van der Waals surface area contributed by atoms with Gasteiger partial charge in [-0.1, -0.05) is 0 Å². The predicted octanol–water partition coefficient (Wildman–Crippen LogP) is 1.98. The molecule has 0 spiro atoms. The maximum atomic E-state index is 12.1. The summed E-state index contributed by atoms with van der Waals surface area (Å²) in [4.78, 5) is 24.5. The van der Waals surface area contributed by atoms with E-state index in [-0.39, 0.29) is 35.9 Å². The zero-order chi connectivity index (χ0) is 19.3. The van der Waals surface area contributed by atoms with E-state index in [2.05, 4.69) is 37.9 Å². The van der Waals surface area contributed by atoms with Crippen LogP contribution in [0, 0.1) is 10.1 Å². The molecule has 26 heavy (non-hydrogen) atoms. The molecule has 2 unspecified atom stereocenters. The van der Waals surface area contributed by atoms with Crippen LogP contribution in [-0.2, 0) is 9.53 Å². The lowest BCUT2D eigenvalue weighted by Gasteiger charge is -2.45. The van der Waals surface area contributed by atoms with Gasteiger partial charge in [-0.3, -0.25) is 19.8 Å². The molecule has 0 radical (unpaired) electrons. The highest BCUT2D eigenvalue weighted by Gasteiger charge is 2.33. The molecule has 8 nitrogen and oxygen atoms in total. The van der Waals surface area contributed by atoms with Crippen molar-refractivity contribution in [3.05, 3.63) is 34.4 Å². The monoisotopic (exact) mass is 365 g/mol. The molecule has 1 heterocycles. The molecule has 144 valence electrons. The minimum absolute atomic E-state index is 0.0162. The van der Waals surface area contributed by atoms with Crippen LogP contribution in [0.25, 0.3) is 0 Å². The highest BCUT2D eigenvalue weighted by atomic mass is 16.6. The Morgan fingerprint density at radius 3 is 2.42 bits per heavy atom. The van der Waals surface area contributed by atoms with Gasteiger partial charge in [-0.2, -0.15) is 0 Å². The summed E-state index contributed by atoms with van der Waals surface area (Å²) in [6.07, 6.45) is 0.332. The summed E-state index contributed by atoms with van der Waals surface area (Å²) in [7, 11) is 0. The number of carbonyl (C=O) groups is 1. The third-order valence-corrected chi connectivity index (χ3v) is 4.41.